The minimum atomic E-state index is -0.849. The number of aromatic nitrogens is 2. The molecule has 1 aromatic heterocycles. The van der Waals surface area contributed by atoms with E-state index in [1.165, 1.54) is 0 Å². The molecule has 1 atom stereocenters. The summed E-state index contributed by atoms with van der Waals surface area (Å²) in [7, 11) is 3.53. The second-order valence-electron chi connectivity index (χ2n) is 3.49. The highest BCUT2D eigenvalue weighted by atomic mass is 35.5. The van der Waals surface area contributed by atoms with Crippen LogP contribution in [0.25, 0.3) is 0 Å². The Morgan fingerprint density at radius 2 is 2.40 bits per heavy atom. The van der Waals surface area contributed by atoms with E-state index in [4.69, 9.17) is 16.7 Å². The van der Waals surface area contributed by atoms with Crippen LogP contribution in [-0.4, -0.2) is 38.6 Å². The van der Waals surface area contributed by atoms with Crippen molar-refractivity contribution in [2.45, 2.75) is 19.5 Å². The van der Waals surface area contributed by atoms with Crippen LogP contribution in [0.3, 0.4) is 0 Å². The van der Waals surface area contributed by atoms with E-state index < -0.39 is 12.0 Å². The van der Waals surface area contributed by atoms with E-state index in [1.807, 2.05) is 0 Å². The first-order chi connectivity index (χ1) is 6.93. The lowest BCUT2D eigenvalue weighted by atomic mass is 10.3. The standard InChI is InChI=1S/C9H14ClN3O2/c1-6(9(14)15)12(2)5-8-11-4-7(10)13(8)3/h4,6H,5H2,1-3H3,(H,14,15). The molecule has 1 aromatic rings. The van der Waals surface area contributed by atoms with E-state index in [0.29, 0.717) is 11.7 Å². The minimum absolute atomic E-state index is 0.455. The molecule has 1 heterocycles. The third-order valence-corrected chi connectivity index (χ3v) is 2.79. The number of imidazole rings is 1. The van der Waals surface area contributed by atoms with Gasteiger partial charge in [-0.15, -0.1) is 0 Å². The molecule has 84 valence electrons. The molecule has 1 rings (SSSR count). The van der Waals surface area contributed by atoms with Crippen LogP contribution in [0.4, 0.5) is 0 Å². The third kappa shape index (κ3) is 2.70. The average Bonchev–Trinajstić information content (AvgIpc) is 2.48. The van der Waals surface area contributed by atoms with Crippen molar-refractivity contribution in [1.82, 2.24) is 14.5 Å². The molecule has 0 radical (unpaired) electrons. The Hall–Kier alpha value is -1.07. The Morgan fingerprint density at radius 3 is 2.80 bits per heavy atom. The van der Waals surface area contributed by atoms with Gasteiger partial charge in [-0.1, -0.05) is 11.6 Å². The number of carbonyl (C=O) groups is 1. The molecule has 0 aromatic carbocycles. The predicted octanol–water partition coefficient (Wildman–Crippen LogP) is 0.978. The van der Waals surface area contributed by atoms with Crippen LogP contribution < -0.4 is 0 Å². The van der Waals surface area contributed by atoms with Crippen LogP contribution in [0.5, 0.6) is 0 Å². The highest BCUT2D eigenvalue weighted by Crippen LogP contribution is 2.11. The maximum atomic E-state index is 10.7. The molecule has 0 saturated carbocycles. The van der Waals surface area contributed by atoms with E-state index >= 15 is 0 Å². The van der Waals surface area contributed by atoms with Gasteiger partial charge in [-0.25, -0.2) is 4.98 Å². The lowest BCUT2D eigenvalue weighted by Crippen LogP contribution is -2.35. The quantitative estimate of drug-likeness (QED) is 0.839. The van der Waals surface area contributed by atoms with Crippen molar-refractivity contribution < 1.29 is 9.90 Å². The zero-order chi connectivity index (χ0) is 11.6. The van der Waals surface area contributed by atoms with Crippen molar-refractivity contribution >= 4 is 17.6 Å². The van der Waals surface area contributed by atoms with E-state index in [2.05, 4.69) is 4.98 Å². The maximum absolute atomic E-state index is 10.7. The maximum Gasteiger partial charge on any atom is 0.320 e. The lowest BCUT2D eigenvalue weighted by Gasteiger charge is -2.20. The zero-order valence-corrected chi connectivity index (χ0v) is 9.69. The van der Waals surface area contributed by atoms with Crippen LogP contribution in [0, 0.1) is 0 Å². The average molecular weight is 232 g/mol. The second kappa shape index (κ2) is 4.63. The topological polar surface area (TPSA) is 58.4 Å². The van der Waals surface area contributed by atoms with Gasteiger partial charge in [-0.2, -0.15) is 0 Å². The van der Waals surface area contributed by atoms with E-state index in [0.717, 1.165) is 5.82 Å². The van der Waals surface area contributed by atoms with Crippen LogP contribution >= 0.6 is 11.6 Å². The van der Waals surface area contributed by atoms with Crippen LogP contribution in [0.2, 0.25) is 5.15 Å². The highest BCUT2D eigenvalue weighted by Gasteiger charge is 2.18. The third-order valence-electron chi connectivity index (χ3n) is 2.44. The van der Waals surface area contributed by atoms with Crippen LogP contribution in [-0.2, 0) is 18.4 Å². The Bertz CT molecular complexity index is 364. The van der Waals surface area contributed by atoms with Crippen LogP contribution in [0.15, 0.2) is 6.20 Å². The molecule has 0 aliphatic rings. The summed E-state index contributed by atoms with van der Waals surface area (Å²) < 4.78 is 1.73. The van der Waals surface area contributed by atoms with Crippen molar-refractivity contribution in [3.63, 3.8) is 0 Å². The molecular formula is C9H14ClN3O2. The van der Waals surface area contributed by atoms with Crippen molar-refractivity contribution in [1.29, 1.82) is 0 Å². The highest BCUT2D eigenvalue weighted by molar-refractivity contribution is 6.29. The summed E-state index contributed by atoms with van der Waals surface area (Å²) in [5, 5.41) is 9.35. The molecule has 0 spiro atoms. The first-order valence-electron chi connectivity index (χ1n) is 4.52. The monoisotopic (exact) mass is 231 g/mol. The molecule has 6 heteroatoms. The number of rotatable bonds is 4. The SMILES string of the molecule is CC(C(=O)O)N(C)Cc1ncc(Cl)n1C. The van der Waals surface area contributed by atoms with Gasteiger partial charge in [0.05, 0.1) is 12.7 Å². The molecule has 0 saturated heterocycles. The number of nitrogens with zero attached hydrogens (tertiary/aromatic N) is 3. The summed E-state index contributed by atoms with van der Waals surface area (Å²) in [5.74, 6) is -0.103. The van der Waals surface area contributed by atoms with Crippen LogP contribution in [0.1, 0.15) is 12.7 Å². The van der Waals surface area contributed by atoms with Gasteiger partial charge in [0.2, 0.25) is 0 Å². The van der Waals surface area contributed by atoms with Gasteiger partial charge in [0.1, 0.15) is 17.0 Å². The number of hydrogen-bond donors (Lipinski definition) is 1. The lowest BCUT2D eigenvalue weighted by molar-refractivity contribution is -0.142. The number of likely N-dealkylation sites (N-methyl/N-ethyl adjacent to an activating group) is 1. The molecular weight excluding hydrogens is 218 g/mol. The number of hydrogen-bond acceptors (Lipinski definition) is 3. The van der Waals surface area contributed by atoms with Gasteiger partial charge < -0.3 is 9.67 Å². The van der Waals surface area contributed by atoms with E-state index in [9.17, 15) is 4.79 Å². The van der Waals surface area contributed by atoms with Gasteiger partial charge in [0.25, 0.3) is 0 Å². The summed E-state index contributed by atoms with van der Waals surface area (Å²) in [6.07, 6.45) is 1.55. The van der Waals surface area contributed by atoms with E-state index in [1.54, 1.807) is 36.7 Å². The minimum Gasteiger partial charge on any atom is -0.480 e. The summed E-state index contributed by atoms with van der Waals surface area (Å²) >= 11 is 5.82. The summed E-state index contributed by atoms with van der Waals surface area (Å²) in [6, 6.07) is -0.541. The van der Waals surface area contributed by atoms with Crippen molar-refractivity contribution in [2.75, 3.05) is 7.05 Å². The largest absolute Gasteiger partial charge is 0.480 e. The van der Waals surface area contributed by atoms with Gasteiger partial charge in [-0.3, -0.25) is 9.69 Å². The molecule has 0 fully saturated rings. The van der Waals surface area contributed by atoms with Crippen molar-refractivity contribution in [3.8, 4) is 0 Å². The molecule has 0 bridgehead atoms. The Kier molecular flexibility index (Phi) is 3.71. The zero-order valence-electron chi connectivity index (χ0n) is 8.94. The Labute approximate surface area is 93.3 Å². The second-order valence-corrected chi connectivity index (χ2v) is 3.87. The molecule has 1 N–H and O–H groups in total. The van der Waals surface area contributed by atoms with Gasteiger partial charge in [0.15, 0.2) is 0 Å². The van der Waals surface area contributed by atoms with Gasteiger partial charge in [0, 0.05) is 7.05 Å². The van der Waals surface area contributed by atoms with E-state index in [-0.39, 0.29) is 0 Å². The fourth-order valence-corrected chi connectivity index (χ4v) is 1.27. The summed E-state index contributed by atoms with van der Waals surface area (Å²) in [6.45, 7) is 2.09. The van der Waals surface area contributed by atoms with Gasteiger partial charge >= 0.3 is 5.97 Å². The first-order valence-corrected chi connectivity index (χ1v) is 4.90. The number of carboxylic acids is 1. The van der Waals surface area contributed by atoms with Crippen molar-refractivity contribution in [3.05, 3.63) is 17.2 Å². The fraction of sp³-hybridized carbons (Fsp3) is 0.556. The first kappa shape index (κ1) is 12.0. The molecule has 5 nitrogen and oxygen atoms in total. The van der Waals surface area contributed by atoms with Gasteiger partial charge in [-0.05, 0) is 14.0 Å². The Balaban J connectivity index is 2.70. The fourth-order valence-electron chi connectivity index (χ4n) is 1.12. The molecule has 0 aliphatic heterocycles. The summed E-state index contributed by atoms with van der Waals surface area (Å²) in [4.78, 5) is 16.5. The van der Waals surface area contributed by atoms with Crippen molar-refractivity contribution in [2.24, 2.45) is 7.05 Å². The normalized spacial score (nSPS) is 13.1. The number of aliphatic carboxylic acids is 1. The Morgan fingerprint density at radius 1 is 1.80 bits per heavy atom. The smallest absolute Gasteiger partial charge is 0.320 e. The summed E-state index contributed by atoms with van der Waals surface area (Å²) in [5.41, 5.74) is 0. The number of carboxylic acid groups (broad SMARTS) is 1. The molecule has 0 aliphatic carbocycles. The molecule has 15 heavy (non-hydrogen) atoms. The molecule has 1 unspecified atom stereocenters. The number of halogens is 1. The molecule has 0 amide bonds. The predicted molar refractivity (Wildman–Crippen MR) is 56.8 cm³/mol.